The molecule has 1 aliphatic heterocycles. The molecule has 38 heavy (non-hydrogen) atoms. The van der Waals surface area contributed by atoms with E-state index in [2.05, 4.69) is 51.7 Å². The van der Waals surface area contributed by atoms with E-state index in [1.807, 2.05) is 48.5 Å². The Labute approximate surface area is 222 Å². The Kier molecular flexibility index (Phi) is 6.16. The number of amides is 1. The van der Waals surface area contributed by atoms with Gasteiger partial charge in [-0.3, -0.25) is 9.20 Å². The summed E-state index contributed by atoms with van der Waals surface area (Å²) < 4.78 is 15.3. The minimum Gasteiger partial charge on any atom is -0.497 e. The molecule has 5 aromatic rings. The van der Waals surface area contributed by atoms with Crippen molar-refractivity contribution < 1.29 is 14.3 Å². The molecule has 0 spiro atoms. The van der Waals surface area contributed by atoms with Crippen molar-refractivity contribution in [1.29, 1.82) is 0 Å². The Bertz CT molecular complexity index is 1630. The van der Waals surface area contributed by atoms with Crippen LogP contribution in [0, 0.1) is 6.92 Å². The summed E-state index contributed by atoms with van der Waals surface area (Å²) in [6, 6.07) is 24.1. The highest BCUT2D eigenvalue weighted by Crippen LogP contribution is 2.40. The number of aryl methyl sites for hydroxylation is 3. The fourth-order valence-corrected chi connectivity index (χ4v) is 5.52. The molecule has 1 aliphatic rings. The lowest BCUT2D eigenvalue weighted by Crippen LogP contribution is -2.15. The van der Waals surface area contributed by atoms with Crippen LogP contribution in [0.4, 0.5) is 5.69 Å². The van der Waals surface area contributed by atoms with Gasteiger partial charge in [0.1, 0.15) is 22.8 Å². The van der Waals surface area contributed by atoms with Gasteiger partial charge in [0, 0.05) is 35.6 Å². The smallest absolute Gasteiger partial charge is 0.273 e. The van der Waals surface area contributed by atoms with Crippen molar-refractivity contribution in [1.82, 2.24) is 8.97 Å². The maximum atomic E-state index is 14.1. The van der Waals surface area contributed by atoms with Gasteiger partial charge in [-0.15, -0.1) is 0 Å². The molecule has 0 unspecified atom stereocenters. The lowest BCUT2D eigenvalue weighted by Gasteiger charge is -2.11. The van der Waals surface area contributed by atoms with E-state index in [0.29, 0.717) is 17.1 Å². The summed E-state index contributed by atoms with van der Waals surface area (Å²) in [5, 5.41) is 3.13. The Hall–Kier alpha value is -4.45. The molecule has 0 saturated carbocycles. The zero-order valence-electron chi connectivity index (χ0n) is 22.0. The molecule has 0 fully saturated rings. The van der Waals surface area contributed by atoms with E-state index in [-0.39, 0.29) is 5.91 Å². The van der Waals surface area contributed by atoms with E-state index in [9.17, 15) is 4.79 Å². The highest BCUT2D eigenvalue weighted by molar-refractivity contribution is 6.10. The summed E-state index contributed by atoms with van der Waals surface area (Å²) in [6.45, 7) is 3.01. The third kappa shape index (κ3) is 4.12. The van der Waals surface area contributed by atoms with Crippen LogP contribution in [0.1, 0.15) is 34.5 Å². The molecule has 0 atom stereocenters. The van der Waals surface area contributed by atoms with Crippen molar-refractivity contribution in [2.75, 3.05) is 19.5 Å². The van der Waals surface area contributed by atoms with Crippen molar-refractivity contribution in [3.05, 3.63) is 95.8 Å². The first-order valence-electron chi connectivity index (χ1n) is 13.0. The minimum atomic E-state index is -0.154. The van der Waals surface area contributed by atoms with Gasteiger partial charge in [0.25, 0.3) is 5.91 Å². The summed E-state index contributed by atoms with van der Waals surface area (Å²) in [7, 11) is 3.29. The second-order valence-electron chi connectivity index (χ2n) is 9.80. The Morgan fingerprint density at radius 3 is 2.34 bits per heavy atom. The lowest BCUT2D eigenvalue weighted by molar-refractivity contribution is 0.102. The number of aromatic nitrogens is 2. The predicted molar refractivity (Wildman–Crippen MR) is 151 cm³/mol. The Morgan fingerprint density at radius 2 is 1.61 bits per heavy atom. The zero-order chi connectivity index (χ0) is 26.2. The second-order valence-corrected chi connectivity index (χ2v) is 9.80. The van der Waals surface area contributed by atoms with Crippen molar-refractivity contribution in [3.63, 3.8) is 0 Å². The number of nitrogens with zero attached hydrogens (tertiary/aromatic N) is 2. The van der Waals surface area contributed by atoms with E-state index in [4.69, 9.17) is 9.47 Å². The van der Waals surface area contributed by atoms with E-state index < -0.39 is 0 Å². The molecule has 6 rings (SSSR count). The highest BCUT2D eigenvalue weighted by Gasteiger charge is 2.29. The summed E-state index contributed by atoms with van der Waals surface area (Å²) in [5.41, 5.74) is 9.12. The lowest BCUT2D eigenvalue weighted by atomic mass is 9.97. The van der Waals surface area contributed by atoms with Crippen molar-refractivity contribution in [2.45, 2.75) is 32.7 Å². The molecule has 0 aliphatic carbocycles. The second kappa shape index (κ2) is 9.78. The van der Waals surface area contributed by atoms with Gasteiger partial charge in [0.05, 0.1) is 19.9 Å². The average Bonchev–Trinajstić information content (AvgIpc) is 3.36. The van der Waals surface area contributed by atoms with Crippen LogP contribution in [0.5, 0.6) is 11.5 Å². The van der Waals surface area contributed by atoms with E-state index in [1.165, 1.54) is 11.1 Å². The fraction of sp³-hybridized carbons (Fsp3) is 0.219. The summed E-state index contributed by atoms with van der Waals surface area (Å²) in [6.07, 6.45) is 5.19. The molecule has 1 N–H and O–H groups in total. The zero-order valence-corrected chi connectivity index (χ0v) is 22.0. The van der Waals surface area contributed by atoms with Crippen LogP contribution in [-0.2, 0) is 13.0 Å². The predicted octanol–water partition coefficient (Wildman–Crippen LogP) is 6.99. The number of anilines is 1. The summed E-state index contributed by atoms with van der Waals surface area (Å²) in [4.78, 5) is 14.1. The summed E-state index contributed by atoms with van der Waals surface area (Å²) >= 11 is 0. The van der Waals surface area contributed by atoms with Gasteiger partial charge >= 0.3 is 0 Å². The number of methoxy groups -OCH3 is 2. The van der Waals surface area contributed by atoms with Crippen LogP contribution >= 0.6 is 0 Å². The van der Waals surface area contributed by atoms with Crippen LogP contribution < -0.4 is 14.8 Å². The molecule has 192 valence electrons. The van der Waals surface area contributed by atoms with Gasteiger partial charge in [-0.2, -0.15) is 0 Å². The molecule has 0 saturated heterocycles. The topological polar surface area (TPSA) is 56.9 Å². The Morgan fingerprint density at radius 1 is 0.868 bits per heavy atom. The first kappa shape index (κ1) is 23.9. The normalized spacial score (nSPS) is 12.8. The van der Waals surface area contributed by atoms with Gasteiger partial charge in [-0.25, -0.2) is 0 Å². The molecule has 3 aromatic carbocycles. The van der Waals surface area contributed by atoms with Gasteiger partial charge < -0.3 is 19.4 Å². The van der Waals surface area contributed by atoms with Crippen molar-refractivity contribution in [3.8, 4) is 33.9 Å². The number of ether oxygens (including phenoxy) is 2. The first-order chi connectivity index (χ1) is 18.6. The monoisotopic (exact) mass is 505 g/mol. The third-order valence-electron chi connectivity index (χ3n) is 7.40. The highest BCUT2D eigenvalue weighted by atomic mass is 16.5. The molecular formula is C32H31N3O3. The number of hydrogen-bond acceptors (Lipinski definition) is 3. The number of benzene rings is 3. The fourth-order valence-electron chi connectivity index (χ4n) is 5.52. The minimum absolute atomic E-state index is 0.154. The van der Waals surface area contributed by atoms with Crippen LogP contribution in [0.15, 0.2) is 79.0 Å². The Balaban J connectivity index is 1.58. The summed E-state index contributed by atoms with van der Waals surface area (Å²) in [5.74, 6) is 1.33. The molecule has 6 nitrogen and oxygen atoms in total. The van der Waals surface area contributed by atoms with Gasteiger partial charge in [0.2, 0.25) is 0 Å². The standard InChI is InChI=1S/C32H31N3O3/c1-21-10-12-22(13-11-21)28-20-35-30(31(36)33-24-7-6-8-26(19-24)38-3)29(23-14-16-25(37-2)17-15-23)27-9-4-5-18-34(28)32(27)35/h6-8,10-17,19-20H,4-5,9,18H2,1-3H3,(H,33,36). The molecule has 6 heteroatoms. The third-order valence-corrected chi connectivity index (χ3v) is 7.40. The maximum Gasteiger partial charge on any atom is 0.273 e. The average molecular weight is 506 g/mol. The molecular weight excluding hydrogens is 474 g/mol. The molecule has 0 bridgehead atoms. The number of rotatable bonds is 6. The van der Waals surface area contributed by atoms with Gasteiger partial charge in [0.15, 0.2) is 0 Å². The van der Waals surface area contributed by atoms with Crippen LogP contribution in [0.3, 0.4) is 0 Å². The largest absolute Gasteiger partial charge is 0.497 e. The molecule has 1 amide bonds. The SMILES string of the molecule is COc1ccc(-c2c3c4n(c(-c5ccc(C)cc5)cn4c2C(=O)Nc2cccc(OC)c2)CCCC3)cc1. The first-order valence-corrected chi connectivity index (χ1v) is 13.0. The van der Waals surface area contributed by atoms with Gasteiger partial charge in [-0.1, -0.05) is 48.0 Å². The van der Waals surface area contributed by atoms with Crippen LogP contribution in [-0.4, -0.2) is 29.1 Å². The van der Waals surface area contributed by atoms with Crippen molar-refractivity contribution >= 4 is 17.2 Å². The van der Waals surface area contributed by atoms with Crippen molar-refractivity contribution in [2.24, 2.45) is 0 Å². The number of carbonyl (C=O) groups excluding carboxylic acids is 1. The quantitative estimate of drug-likeness (QED) is 0.271. The van der Waals surface area contributed by atoms with E-state index in [0.717, 1.165) is 59.6 Å². The number of imidazole rings is 1. The molecule has 2 aromatic heterocycles. The maximum absolute atomic E-state index is 14.1. The molecule has 3 heterocycles. The molecule has 0 radical (unpaired) electrons. The number of carbonyl (C=O) groups is 1. The number of nitrogens with one attached hydrogen (secondary N) is 1. The van der Waals surface area contributed by atoms with E-state index >= 15 is 0 Å². The van der Waals surface area contributed by atoms with E-state index in [1.54, 1.807) is 14.2 Å². The number of hydrogen-bond donors (Lipinski definition) is 1. The van der Waals surface area contributed by atoms with Gasteiger partial charge in [-0.05, 0) is 61.6 Å². The van der Waals surface area contributed by atoms with Crippen LogP contribution in [0.2, 0.25) is 0 Å². The van der Waals surface area contributed by atoms with Crippen LogP contribution in [0.25, 0.3) is 28.0 Å².